The lowest BCUT2D eigenvalue weighted by Crippen LogP contribution is -2.38. The van der Waals surface area contributed by atoms with Crippen LogP contribution in [-0.2, 0) is 16.1 Å². The van der Waals surface area contributed by atoms with E-state index in [1.54, 1.807) is 7.11 Å². The molecule has 0 spiro atoms. The number of aliphatic hydroxyl groups is 1. The molecule has 1 fully saturated rings. The molecule has 2 rings (SSSR count). The van der Waals surface area contributed by atoms with E-state index in [-0.39, 0.29) is 12.6 Å². The van der Waals surface area contributed by atoms with Crippen LogP contribution >= 0.6 is 0 Å². The van der Waals surface area contributed by atoms with Crippen molar-refractivity contribution < 1.29 is 19.4 Å². The highest BCUT2D eigenvalue weighted by Crippen LogP contribution is 2.19. The number of amides is 1. The second kappa shape index (κ2) is 6.54. The Balaban J connectivity index is 1.88. The molecule has 2 atom stereocenters. The summed E-state index contributed by atoms with van der Waals surface area (Å²) in [5, 5.41) is 9.63. The van der Waals surface area contributed by atoms with Crippen LogP contribution in [0.2, 0.25) is 0 Å². The predicted octanol–water partition coefficient (Wildman–Crippen LogP) is 1.40. The third-order valence-corrected chi connectivity index (χ3v) is 3.19. The minimum absolute atomic E-state index is 0.108. The first-order valence-corrected chi connectivity index (χ1v) is 6.35. The molecule has 1 saturated heterocycles. The molecule has 5 heteroatoms. The molecule has 0 aromatic heterocycles. The Bertz CT molecular complexity index is 409. The molecular weight excluding hydrogens is 246 g/mol. The molecule has 1 aromatic carbocycles. The Morgan fingerprint density at radius 2 is 2.16 bits per heavy atom. The quantitative estimate of drug-likeness (QED) is 0.894. The summed E-state index contributed by atoms with van der Waals surface area (Å²) in [6.07, 6.45) is -0.360. The molecule has 0 aliphatic carbocycles. The summed E-state index contributed by atoms with van der Waals surface area (Å²) in [5.74, 6) is 0. The molecular formula is C14H19NO4. The minimum Gasteiger partial charge on any atom is -0.445 e. The number of benzene rings is 1. The van der Waals surface area contributed by atoms with Gasteiger partial charge in [-0.3, -0.25) is 0 Å². The van der Waals surface area contributed by atoms with Crippen molar-refractivity contribution in [1.29, 1.82) is 0 Å². The van der Waals surface area contributed by atoms with Crippen LogP contribution in [0.1, 0.15) is 12.0 Å². The third kappa shape index (κ3) is 3.68. The molecule has 19 heavy (non-hydrogen) atoms. The normalized spacial score (nSPS) is 22.5. The van der Waals surface area contributed by atoms with E-state index in [2.05, 4.69) is 0 Å². The SMILES string of the molecule is COCC1CC(O)CN1C(=O)OCc1ccccc1. The summed E-state index contributed by atoms with van der Waals surface area (Å²) in [6.45, 7) is 0.963. The number of carbonyl (C=O) groups excluding carboxylic acids is 1. The summed E-state index contributed by atoms with van der Waals surface area (Å²) in [5.41, 5.74) is 0.943. The molecule has 104 valence electrons. The van der Waals surface area contributed by atoms with Gasteiger partial charge in [0, 0.05) is 7.11 Å². The van der Waals surface area contributed by atoms with Gasteiger partial charge in [0.2, 0.25) is 0 Å². The molecule has 1 aromatic rings. The highest BCUT2D eigenvalue weighted by molar-refractivity contribution is 5.68. The highest BCUT2D eigenvalue weighted by atomic mass is 16.6. The summed E-state index contributed by atoms with van der Waals surface area (Å²) in [7, 11) is 1.58. The van der Waals surface area contributed by atoms with Crippen LogP contribution in [0.3, 0.4) is 0 Å². The number of rotatable bonds is 4. The van der Waals surface area contributed by atoms with Gasteiger partial charge in [-0.2, -0.15) is 0 Å². The van der Waals surface area contributed by atoms with Crippen LogP contribution < -0.4 is 0 Å². The van der Waals surface area contributed by atoms with Crippen molar-refractivity contribution in [3.05, 3.63) is 35.9 Å². The zero-order valence-electron chi connectivity index (χ0n) is 11.0. The maximum atomic E-state index is 12.0. The third-order valence-electron chi connectivity index (χ3n) is 3.19. The number of ether oxygens (including phenoxy) is 2. The van der Waals surface area contributed by atoms with Crippen molar-refractivity contribution in [1.82, 2.24) is 4.90 Å². The molecule has 5 nitrogen and oxygen atoms in total. The highest BCUT2D eigenvalue weighted by Gasteiger charge is 2.35. The summed E-state index contributed by atoms with van der Waals surface area (Å²) >= 11 is 0. The maximum Gasteiger partial charge on any atom is 0.410 e. The van der Waals surface area contributed by atoms with Crippen LogP contribution in [0.25, 0.3) is 0 Å². The number of hydrogen-bond donors (Lipinski definition) is 1. The first-order chi connectivity index (χ1) is 9.20. The molecule has 0 saturated carbocycles. The number of aliphatic hydroxyl groups excluding tert-OH is 1. The van der Waals surface area contributed by atoms with Gasteiger partial charge in [-0.25, -0.2) is 4.79 Å². The van der Waals surface area contributed by atoms with Crippen molar-refractivity contribution in [3.63, 3.8) is 0 Å². The van der Waals surface area contributed by atoms with E-state index in [1.807, 2.05) is 30.3 Å². The largest absolute Gasteiger partial charge is 0.445 e. The van der Waals surface area contributed by atoms with Gasteiger partial charge in [0.15, 0.2) is 0 Å². The predicted molar refractivity (Wildman–Crippen MR) is 69.6 cm³/mol. The van der Waals surface area contributed by atoms with E-state index >= 15 is 0 Å². The van der Waals surface area contributed by atoms with Crippen LogP contribution in [0.5, 0.6) is 0 Å². The summed E-state index contributed by atoms with van der Waals surface area (Å²) < 4.78 is 10.3. The average molecular weight is 265 g/mol. The van der Waals surface area contributed by atoms with Crippen LogP contribution in [-0.4, -0.2) is 48.5 Å². The Hall–Kier alpha value is -1.59. The van der Waals surface area contributed by atoms with Crippen LogP contribution in [0, 0.1) is 0 Å². The first kappa shape index (κ1) is 13.8. The van der Waals surface area contributed by atoms with Gasteiger partial charge >= 0.3 is 6.09 Å². The lowest BCUT2D eigenvalue weighted by molar-refractivity contribution is 0.0688. The Morgan fingerprint density at radius 3 is 2.84 bits per heavy atom. The standard InChI is InChI=1S/C14H19NO4/c1-18-10-12-7-13(16)8-15(12)14(17)19-9-11-5-3-2-4-6-11/h2-6,12-13,16H,7-10H2,1H3. The molecule has 1 amide bonds. The van der Waals surface area contributed by atoms with Gasteiger partial charge in [0.05, 0.1) is 25.3 Å². The number of likely N-dealkylation sites (tertiary alicyclic amines) is 1. The van der Waals surface area contributed by atoms with Crippen molar-refractivity contribution in [2.45, 2.75) is 25.2 Å². The van der Waals surface area contributed by atoms with E-state index in [0.717, 1.165) is 5.56 Å². The van der Waals surface area contributed by atoms with Gasteiger partial charge < -0.3 is 19.5 Å². The van der Waals surface area contributed by atoms with Gasteiger partial charge in [0.1, 0.15) is 6.61 Å². The minimum atomic E-state index is -0.496. The number of methoxy groups -OCH3 is 1. The number of hydrogen-bond acceptors (Lipinski definition) is 4. The van der Waals surface area contributed by atoms with Gasteiger partial charge in [-0.1, -0.05) is 30.3 Å². The average Bonchev–Trinajstić information content (AvgIpc) is 2.79. The van der Waals surface area contributed by atoms with Gasteiger partial charge in [0.25, 0.3) is 0 Å². The van der Waals surface area contributed by atoms with E-state index in [9.17, 15) is 9.90 Å². The summed E-state index contributed by atoms with van der Waals surface area (Å²) in [4.78, 5) is 13.5. The second-order valence-corrected chi connectivity index (χ2v) is 4.69. The Labute approximate surface area is 112 Å². The maximum absolute atomic E-state index is 12.0. The van der Waals surface area contributed by atoms with Crippen molar-refractivity contribution in [2.75, 3.05) is 20.3 Å². The van der Waals surface area contributed by atoms with Crippen LogP contribution in [0.15, 0.2) is 30.3 Å². The monoisotopic (exact) mass is 265 g/mol. The second-order valence-electron chi connectivity index (χ2n) is 4.69. The van der Waals surface area contributed by atoms with E-state index in [0.29, 0.717) is 19.6 Å². The van der Waals surface area contributed by atoms with Gasteiger partial charge in [-0.15, -0.1) is 0 Å². The fraction of sp³-hybridized carbons (Fsp3) is 0.500. The zero-order chi connectivity index (χ0) is 13.7. The molecule has 1 aliphatic rings. The molecule has 0 radical (unpaired) electrons. The summed E-state index contributed by atoms with van der Waals surface area (Å²) in [6, 6.07) is 9.41. The van der Waals surface area contributed by atoms with E-state index < -0.39 is 12.2 Å². The van der Waals surface area contributed by atoms with E-state index in [4.69, 9.17) is 9.47 Å². The molecule has 2 unspecified atom stereocenters. The molecule has 1 heterocycles. The number of β-amino-alcohol motifs (C(OH)–C–C–N with tert-alkyl or cyclic N) is 1. The molecule has 1 aliphatic heterocycles. The van der Waals surface area contributed by atoms with Crippen molar-refractivity contribution in [3.8, 4) is 0 Å². The smallest absolute Gasteiger partial charge is 0.410 e. The Kier molecular flexibility index (Phi) is 4.76. The molecule has 0 bridgehead atoms. The lowest BCUT2D eigenvalue weighted by Gasteiger charge is -2.23. The lowest BCUT2D eigenvalue weighted by atomic mass is 10.2. The van der Waals surface area contributed by atoms with Gasteiger partial charge in [-0.05, 0) is 12.0 Å². The van der Waals surface area contributed by atoms with Crippen molar-refractivity contribution >= 4 is 6.09 Å². The topological polar surface area (TPSA) is 59.0 Å². The van der Waals surface area contributed by atoms with Crippen LogP contribution in [0.4, 0.5) is 4.79 Å². The fourth-order valence-electron chi connectivity index (χ4n) is 2.27. The number of nitrogens with zero attached hydrogens (tertiary/aromatic N) is 1. The molecule has 1 N–H and O–H groups in total. The van der Waals surface area contributed by atoms with Crippen molar-refractivity contribution in [2.24, 2.45) is 0 Å². The fourth-order valence-corrected chi connectivity index (χ4v) is 2.27. The first-order valence-electron chi connectivity index (χ1n) is 6.35. The zero-order valence-corrected chi connectivity index (χ0v) is 11.0. The Morgan fingerprint density at radius 1 is 1.42 bits per heavy atom. The number of carbonyl (C=O) groups is 1. The van der Waals surface area contributed by atoms with E-state index in [1.165, 1.54) is 4.90 Å².